The SMILES string of the molecule is O=Cc1ncc(-c2cccc(F)c2)[nH]1. The number of hydrogen-bond donors (Lipinski definition) is 1. The molecule has 70 valence electrons. The van der Waals surface area contributed by atoms with Gasteiger partial charge in [-0.05, 0) is 12.1 Å². The Hall–Kier alpha value is -1.97. The highest BCUT2D eigenvalue weighted by molar-refractivity contribution is 5.71. The standard InChI is InChI=1S/C10H7FN2O/c11-8-3-1-2-7(4-8)9-5-12-10(6-14)13-9/h1-6H,(H,12,13). The van der Waals surface area contributed by atoms with Crippen molar-refractivity contribution >= 4 is 6.29 Å². The number of carbonyl (C=O) groups excluding carboxylic acids is 1. The molecule has 2 aromatic rings. The number of aromatic amines is 1. The molecule has 0 saturated heterocycles. The molecule has 0 bridgehead atoms. The Bertz CT molecular complexity index is 465. The Balaban J connectivity index is 2.43. The highest BCUT2D eigenvalue weighted by atomic mass is 19.1. The number of nitrogens with one attached hydrogen (secondary N) is 1. The zero-order valence-corrected chi connectivity index (χ0v) is 7.20. The van der Waals surface area contributed by atoms with E-state index in [4.69, 9.17) is 0 Å². The van der Waals surface area contributed by atoms with Gasteiger partial charge in [0.1, 0.15) is 5.82 Å². The molecule has 1 aromatic carbocycles. The van der Waals surface area contributed by atoms with Gasteiger partial charge in [0.05, 0.1) is 11.9 Å². The van der Waals surface area contributed by atoms with Crippen LogP contribution in [0.5, 0.6) is 0 Å². The van der Waals surface area contributed by atoms with Gasteiger partial charge >= 0.3 is 0 Å². The number of imidazole rings is 1. The number of rotatable bonds is 2. The molecular weight excluding hydrogens is 183 g/mol. The van der Waals surface area contributed by atoms with Crippen LogP contribution in [0.15, 0.2) is 30.5 Å². The fourth-order valence-corrected chi connectivity index (χ4v) is 1.20. The molecule has 0 spiro atoms. The first-order valence-corrected chi connectivity index (χ1v) is 4.06. The summed E-state index contributed by atoms with van der Waals surface area (Å²) in [6.45, 7) is 0. The topological polar surface area (TPSA) is 45.8 Å². The van der Waals surface area contributed by atoms with Crippen molar-refractivity contribution in [3.05, 3.63) is 42.1 Å². The van der Waals surface area contributed by atoms with Crippen molar-refractivity contribution in [2.75, 3.05) is 0 Å². The van der Waals surface area contributed by atoms with Crippen LogP contribution in [0.3, 0.4) is 0 Å². The van der Waals surface area contributed by atoms with Crippen molar-refractivity contribution in [2.24, 2.45) is 0 Å². The summed E-state index contributed by atoms with van der Waals surface area (Å²) >= 11 is 0. The third-order valence-electron chi connectivity index (χ3n) is 1.84. The van der Waals surface area contributed by atoms with Crippen molar-refractivity contribution < 1.29 is 9.18 Å². The van der Waals surface area contributed by atoms with Gasteiger partial charge in [0.2, 0.25) is 0 Å². The fraction of sp³-hybridized carbons (Fsp3) is 0. The highest BCUT2D eigenvalue weighted by Crippen LogP contribution is 2.17. The summed E-state index contributed by atoms with van der Waals surface area (Å²) in [5, 5.41) is 0. The van der Waals surface area contributed by atoms with Crippen molar-refractivity contribution in [3.8, 4) is 11.3 Å². The quantitative estimate of drug-likeness (QED) is 0.736. The Labute approximate surface area is 79.6 Å². The molecule has 0 saturated carbocycles. The van der Waals surface area contributed by atoms with E-state index in [0.717, 1.165) is 0 Å². The third kappa shape index (κ3) is 1.54. The zero-order valence-electron chi connectivity index (χ0n) is 7.20. The first-order valence-electron chi connectivity index (χ1n) is 4.06. The molecule has 0 radical (unpaired) electrons. The summed E-state index contributed by atoms with van der Waals surface area (Å²) in [6, 6.07) is 6.08. The summed E-state index contributed by atoms with van der Waals surface area (Å²) in [7, 11) is 0. The number of carbonyl (C=O) groups is 1. The predicted octanol–water partition coefficient (Wildman–Crippen LogP) is 2.03. The van der Waals surface area contributed by atoms with Crippen LogP contribution in [0, 0.1) is 5.82 Å². The van der Waals surface area contributed by atoms with Gasteiger partial charge in [-0.25, -0.2) is 9.37 Å². The number of benzene rings is 1. The van der Waals surface area contributed by atoms with Crippen molar-refractivity contribution in [3.63, 3.8) is 0 Å². The third-order valence-corrected chi connectivity index (χ3v) is 1.84. The van der Waals surface area contributed by atoms with Crippen LogP contribution < -0.4 is 0 Å². The van der Waals surface area contributed by atoms with E-state index in [9.17, 15) is 9.18 Å². The number of nitrogens with zero attached hydrogens (tertiary/aromatic N) is 1. The lowest BCUT2D eigenvalue weighted by Gasteiger charge is -1.95. The smallest absolute Gasteiger partial charge is 0.185 e. The molecule has 14 heavy (non-hydrogen) atoms. The summed E-state index contributed by atoms with van der Waals surface area (Å²) in [5.74, 6) is -0.0750. The molecule has 0 aliphatic carbocycles. The minimum atomic E-state index is -0.315. The maximum atomic E-state index is 12.8. The van der Waals surface area contributed by atoms with E-state index in [-0.39, 0.29) is 11.6 Å². The Morgan fingerprint density at radius 3 is 2.93 bits per heavy atom. The summed E-state index contributed by atoms with van der Waals surface area (Å²) in [4.78, 5) is 16.9. The van der Waals surface area contributed by atoms with E-state index < -0.39 is 0 Å². The van der Waals surface area contributed by atoms with Gasteiger partial charge < -0.3 is 4.98 Å². The van der Waals surface area contributed by atoms with Crippen LogP contribution in [0.2, 0.25) is 0 Å². The molecule has 1 N–H and O–H groups in total. The van der Waals surface area contributed by atoms with E-state index in [0.29, 0.717) is 17.5 Å². The molecule has 0 atom stereocenters. The van der Waals surface area contributed by atoms with E-state index >= 15 is 0 Å². The number of aromatic nitrogens is 2. The Morgan fingerprint density at radius 2 is 2.29 bits per heavy atom. The molecule has 1 aromatic heterocycles. The zero-order chi connectivity index (χ0) is 9.97. The van der Waals surface area contributed by atoms with E-state index in [1.165, 1.54) is 18.3 Å². The summed E-state index contributed by atoms with van der Waals surface area (Å²) in [6.07, 6.45) is 2.11. The lowest BCUT2D eigenvalue weighted by Crippen LogP contribution is -1.82. The Morgan fingerprint density at radius 1 is 1.43 bits per heavy atom. The minimum absolute atomic E-state index is 0.240. The molecule has 0 aliphatic heterocycles. The van der Waals surface area contributed by atoms with E-state index in [1.807, 2.05) is 0 Å². The van der Waals surface area contributed by atoms with Crippen LogP contribution in [0.4, 0.5) is 4.39 Å². The lowest BCUT2D eigenvalue weighted by molar-refractivity contribution is 0.111. The second kappa shape index (κ2) is 3.41. The fourth-order valence-electron chi connectivity index (χ4n) is 1.20. The molecule has 4 heteroatoms. The molecule has 0 fully saturated rings. The maximum absolute atomic E-state index is 12.8. The van der Waals surface area contributed by atoms with Gasteiger partial charge in [0.25, 0.3) is 0 Å². The minimum Gasteiger partial charge on any atom is -0.336 e. The molecule has 2 rings (SSSR count). The van der Waals surface area contributed by atoms with Crippen LogP contribution in [0.1, 0.15) is 10.6 Å². The van der Waals surface area contributed by atoms with Crippen LogP contribution in [-0.2, 0) is 0 Å². The number of H-pyrrole nitrogens is 1. The average Bonchev–Trinajstić information content (AvgIpc) is 2.66. The van der Waals surface area contributed by atoms with Gasteiger partial charge in [-0.2, -0.15) is 0 Å². The highest BCUT2D eigenvalue weighted by Gasteiger charge is 2.02. The van der Waals surface area contributed by atoms with E-state index in [2.05, 4.69) is 9.97 Å². The molecule has 0 aliphatic rings. The van der Waals surface area contributed by atoms with Crippen LogP contribution in [-0.4, -0.2) is 16.3 Å². The summed E-state index contributed by atoms with van der Waals surface area (Å²) < 4.78 is 12.8. The first kappa shape index (κ1) is 8.62. The van der Waals surface area contributed by atoms with Crippen molar-refractivity contribution in [2.45, 2.75) is 0 Å². The lowest BCUT2D eigenvalue weighted by atomic mass is 10.2. The second-order valence-electron chi connectivity index (χ2n) is 2.81. The maximum Gasteiger partial charge on any atom is 0.185 e. The Kier molecular flexibility index (Phi) is 2.10. The van der Waals surface area contributed by atoms with Gasteiger partial charge in [0.15, 0.2) is 12.1 Å². The van der Waals surface area contributed by atoms with Gasteiger partial charge in [0, 0.05) is 5.56 Å². The molecule has 0 unspecified atom stereocenters. The molecule has 3 nitrogen and oxygen atoms in total. The second-order valence-corrected chi connectivity index (χ2v) is 2.81. The molecular formula is C10H7FN2O. The molecule has 0 amide bonds. The monoisotopic (exact) mass is 190 g/mol. The van der Waals surface area contributed by atoms with Crippen LogP contribution in [0.25, 0.3) is 11.3 Å². The normalized spacial score (nSPS) is 10.1. The van der Waals surface area contributed by atoms with Crippen LogP contribution >= 0.6 is 0 Å². The van der Waals surface area contributed by atoms with Crippen molar-refractivity contribution in [1.82, 2.24) is 9.97 Å². The number of halogens is 1. The van der Waals surface area contributed by atoms with Gasteiger partial charge in [-0.1, -0.05) is 12.1 Å². The van der Waals surface area contributed by atoms with Crippen molar-refractivity contribution in [1.29, 1.82) is 0 Å². The number of aldehydes is 1. The van der Waals surface area contributed by atoms with E-state index in [1.54, 1.807) is 12.1 Å². The first-order chi connectivity index (χ1) is 6.79. The average molecular weight is 190 g/mol. The largest absolute Gasteiger partial charge is 0.336 e. The molecule has 1 heterocycles. The summed E-state index contributed by atoms with van der Waals surface area (Å²) in [5.41, 5.74) is 1.30. The van der Waals surface area contributed by atoms with Gasteiger partial charge in [-0.3, -0.25) is 4.79 Å². The predicted molar refractivity (Wildman–Crippen MR) is 49.4 cm³/mol. The van der Waals surface area contributed by atoms with Gasteiger partial charge in [-0.15, -0.1) is 0 Å². The number of hydrogen-bond acceptors (Lipinski definition) is 2.